The van der Waals surface area contributed by atoms with E-state index in [0.29, 0.717) is 16.8 Å². The van der Waals surface area contributed by atoms with Crippen LogP contribution >= 0.6 is 0 Å². The molecule has 0 bridgehead atoms. The van der Waals surface area contributed by atoms with Crippen LogP contribution in [0.25, 0.3) is 0 Å². The molecule has 3 rings (SSSR count). The second kappa shape index (κ2) is 9.97. The van der Waals surface area contributed by atoms with Crippen molar-refractivity contribution in [2.45, 2.75) is 0 Å². The van der Waals surface area contributed by atoms with E-state index in [-0.39, 0.29) is 30.5 Å². The lowest BCUT2D eigenvalue weighted by Crippen LogP contribution is -2.34. The van der Waals surface area contributed by atoms with Gasteiger partial charge in [-0.1, -0.05) is 30.3 Å². The Balaban J connectivity index is 1.46. The highest BCUT2D eigenvalue weighted by atomic mass is 19.1. The number of hydrogen-bond acceptors (Lipinski definition) is 3. The van der Waals surface area contributed by atoms with E-state index in [4.69, 9.17) is 0 Å². The highest BCUT2D eigenvalue weighted by molar-refractivity contribution is 6.04. The van der Waals surface area contributed by atoms with Gasteiger partial charge in [-0.25, -0.2) is 4.39 Å². The van der Waals surface area contributed by atoms with Crippen molar-refractivity contribution in [2.75, 3.05) is 18.4 Å². The molecule has 0 heterocycles. The van der Waals surface area contributed by atoms with Crippen LogP contribution in [0.15, 0.2) is 78.9 Å². The van der Waals surface area contributed by atoms with E-state index < -0.39 is 11.7 Å². The van der Waals surface area contributed by atoms with Crippen LogP contribution < -0.4 is 16.0 Å². The van der Waals surface area contributed by atoms with Crippen LogP contribution in [-0.4, -0.2) is 30.8 Å². The average Bonchev–Trinajstić information content (AvgIpc) is 2.77. The lowest BCUT2D eigenvalue weighted by molar-refractivity contribution is 0.0927. The zero-order valence-corrected chi connectivity index (χ0v) is 16.0. The summed E-state index contributed by atoms with van der Waals surface area (Å²) in [6.45, 7) is 0.555. The van der Waals surface area contributed by atoms with Crippen molar-refractivity contribution >= 4 is 23.4 Å². The topological polar surface area (TPSA) is 87.3 Å². The fourth-order valence-electron chi connectivity index (χ4n) is 2.69. The van der Waals surface area contributed by atoms with E-state index in [1.807, 2.05) is 6.07 Å². The normalized spacial score (nSPS) is 10.2. The highest BCUT2D eigenvalue weighted by Gasteiger charge is 2.12. The monoisotopic (exact) mass is 405 g/mol. The maximum atomic E-state index is 13.7. The van der Waals surface area contributed by atoms with Gasteiger partial charge in [-0.2, -0.15) is 0 Å². The van der Waals surface area contributed by atoms with Gasteiger partial charge in [0.2, 0.25) is 0 Å². The van der Waals surface area contributed by atoms with E-state index in [9.17, 15) is 18.8 Å². The Bertz CT molecular complexity index is 1040. The Morgan fingerprint density at radius 2 is 1.17 bits per heavy atom. The van der Waals surface area contributed by atoms with Crippen molar-refractivity contribution in [2.24, 2.45) is 0 Å². The van der Waals surface area contributed by atoms with Crippen molar-refractivity contribution < 1.29 is 18.8 Å². The van der Waals surface area contributed by atoms with Crippen molar-refractivity contribution in [3.05, 3.63) is 101 Å². The Morgan fingerprint density at radius 3 is 1.77 bits per heavy atom. The Hall–Kier alpha value is -4.00. The molecule has 30 heavy (non-hydrogen) atoms. The lowest BCUT2D eigenvalue weighted by Gasteiger charge is -2.09. The van der Waals surface area contributed by atoms with Gasteiger partial charge in [-0.3, -0.25) is 14.4 Å². The van der Waals surface area contributed by atoms with Gasteiger partial charge in [0.15, 0.2) is 0 Å². The standard InChI is InChI=1S/C23H20FN3O3/c24-20-9-5-4-8-19(20)23(30)27-18-12-10-17(11-13-18)22(29)26-15-14-25-21(28)16-6-2-1-3-7-16/h1-13H,14-15H2,(H,25,28)(H,26,29)(H,27,30). The van der Waals surface area contributed by atoms with E-state index in [1.165, 1.54) is 18.2 Å². The van der Waals surface area contributed by atoms with Crippen LogP contribution in [0.5, 0.6) is 0 Å². The van der Waals surface area contributed by atoms with E-state index in [1.54, 1.807) is 54.6 Å². The number of amides is 3. The SMILES string of the molecule is O=C(NCCNC(=O)c1ccc(NC(=O)c2ccccc2F)cc1)c1ccccc1. The van der Waals surface area contributed by atoms with Crippen LogP contribution in [-0.2, 0) is 0 Å². The number of anilines is 1. The number of carbonyl (C=O) groups is 3. The van der Waals surface area contributed by atoms with Crippen LogP contribution in [0.3, 0.4) is 0 Å². The summed E-state index contributed by atoms with van der Waals surface area (Å²) in [6, 6.07) is 20.7. The third-order valence-corrected chi connectivity index (χ3v) is 4.26. The van der Waals surface area contributed by atoms with E-state index >= 15 is 0 Å². The summed E-state index contributed by atoms with van der Waals surface area (Å²) in [4.78, 5) is 36.2. The molecule has 0 radical (unpaired) electrons. The van der Waals surface area contributed by atoms with Gasteiger partial charge in [-0.15, -0.1) is 0 Å². The molecule has 0 unspecified atom stereocenters. The molecule has 3 aromatic carbocycles. The largest absolute Gasteiger partial charge is 0.350 e. The molecule has 0 aliphatic heterocycles. The molecular weight excluding hydrogens is 385 g/mol. The predicted molar refractivity (Wildman–Crippen MR) is 112 cm³/mol. The first-order valence-electron chi connectivity index (χ1n) is 9.32. The second-order valence-electron chi connectivity index (χ2n) is 6.39. The smallest absolute Gasteiger partial charge is 0.258 e. The Kier molecular flexibility index (Phi) is 6.89. The second-order valence-corrected chi connectivity index (χ2v) is 6.39. The molecule has 7 heteroatoms. The van der Waals surface area contributed by atoms with Crippen LogP contribution in [0, 0.1) is 5.82 Å². The predicted octanol–water partition coefficient (Wildman–Crippen LogP) is 3.24. The van der Waals surface area contributed by atoms with Crippen LogP contribution in [0.4, 0.5) is 10.1 Å². The first-order chi connectivity index (χ1) is 14.5. The summed E-state index contributed by atoms with van der Waals surface area (Å²) >= 11 is 0. The zero-order valence-electron chi connectivity index (χ0n) is 16.0. The Labute approximate surface area is 173 Å². The minimum Gasteiger partial charge on any atom is -0.350 e. The molecule has 0 atom stereocenters. The maximum absolute atomic E-state index is 13.7. The summed E-state index contributed by atoms with van der Waals surface area (Å²) in [5.74, 6) is -1.69. The quantitative estimate of drug-likeness (QED) is 0.528. The third kappa shape index (κ3) is 5.51. The van der Waals surface area contributed by atoms with E-state index in [2.05, 4.69) is 16.0 Å². The molecule has 0 aromatic heterocycles. The van der Waals surface area contributed by atoms with Gasteiger partial charge in [0, 0.05) is 29.9 Å². The summed E-state index contributed by atoms with van der Waals surface area (Å²) in [7, 11) is 0. The fraction of sp³-hybridized carbons (Fsp3) is 0.0870. The van der Waals surface area contributed by atoms with Crippen LogP contribution in [0.1, 0.15) is 31.1 Å². The molecule has 3 amide bonds. The van der Waals surface area contributed by atoms with Gasteiger partial charge in [0.1, 0.15) is 5.82 Å². The third-order valence-electron chi connectivity index (χ3n) is 4.26. The molecule has 0 fully saturated rings. The summed E-state index contributed by atoms with van der Waals surface area (Å²) in [5.41, 5.74) is 1.33. The molecule has 0 spiro atoms. The summed E-state index contributed by atoms with van der Waals surface area (Å²) in [6.07, 6.45) is 0. The number of rotatable bonds is 7. The number of carbonyl (C=O) groups excluding carboxylic acids is 3. The minimum absolute atomic E-state index is 0.0585. The molecule has 152 valence electrons. The van der Waals surface area contributed by atoms with Gasteiger partial charge in [0.05, 0.1) is 5.56 Å². The molecule has 0 saturated heterocycles. The minimum atomic E-state index is -0.606. The summed E-state index contributed by atoms with van der Waals surface area (Å²) < 4.78 is 13.7. The molecule has 3 N–H and O–H groups in total. The number of benzene rings is 3. The fourth-order valence-corrected chi connectivity index (χ4v) is 2.69. The van der Waals surface area contributed by atoms with Gasteiger partial charge >= 0.3 is 0 Å². The molecule has 0 aliphatic carbocycles. The van der Waals surface area contributed by atoms with Crippen molar-refractivity contribution in [1.29, 1.82) is 0 Å². The van der Waals surface area contributed by atoms with Gasteiger partial charge in [-0.05, 0) is 48.5 Å². The molecule has 3 aromatic rings. The average molecular weight is 405 g/mol. The number of halogens is 1. The van der Waals surface area contributed by atoms with Crippen molar-refractivity contribution in [1.82, 2.24) is 10.6 Å². The molecule has 0 saturated carbocycles. The summed E-state index contributed by atoms with van der Waals surface area (Å²) in [5, 5.41) is 8.02. The first kappa shape index (κ1) is 20.7. The lowest BCUT2D eigenvalue weighted by atomic mass is 10.1. The van der Waals surface area contributed by atoms with Gasteiger partial charge in [0.25, 0.3) is 17.7 Å². The molecule has 6 nitrogen and oxygen atoms in total. The first-order valence-corrected chi connectivity index (χ1v) is 9.32. The highest BCUT2D eigenvalue weighted by Crippen LogP contribution is 2.13. The van der Waals surface area contributed by atoms with E-state index in [0.717, 1.165) is 0 Å². The zero-order chi connectivity index (χ0) is 21.3. The van der Waals surface area contributed by atoms with Crippen molar-refractivity contribution in [3.8, 4) is 0 Å². The number of hydrogen-bond donors (Lipinski definition) is 3. The van der Waals surface area contributed by atoms with Gasteiger partial charge < -0.3 is 16.0 Å². The Morgan fingerprint density at radius 1 is 0.633 bits per heavy atom. The van der Waals surface area contributed by atoms with Crippen molar-refractivity contribution in [3.63, 3.8) is 0 Å². The molecular formula is C23H20FN3O3. The van der Waals surface area contributed by atoms with Crippen LogP contribution in [0.2, 0.25) is 0 Å². The number of nitrogens with one attached hydrogen (secondary N) is 3. The maximum Gasteiger partial charge on any atom is 0.258 e. The molecule has 0 aliphatic rings.